The van der Waals surface area contributed by atoms with Gasteiger partial charge in [0, 0.05) is 13.1 Å². The zero-order chi connectivity index (χ0) is 15.9. The van der Waals surface area contributed by atoms with E-state index in [0.717, 1.165) is 25.1 Å². The molecule has 1 heterocycles. The van der Waals surface area contributed by atoms with E-state index in [9.17, 15) is 9.59 Å². The molecule has 2 amide bonds. The van der Waals surface area contributed by atoms with Crippen molar-refractivity contribution in [3.05, 3.63) is 29.8 Å². The van der Waals surface area contributed by atoms with Crippen LogP contribution in [0.15, 0.2) is 24.3 Å². The van der Waals surface area contributed by atoms with E-state index in [1.807, 2.05) is 36.1 Å². The van der Waals surface area contributed by atoms with Crippen molar-refractivity contribution in [2.24, 2.45) is 5.92 Å². The molecule has 1 fully saturated rings. The molecule has 1 saturated heterocycles. The lowest BCUT2D eigenvalue weighted by Gasteiger charge is -2.31. The average Bonchev–Trinajstić information content (AvgIpc) is 2.52. The van der Waals surface area contributed by atoms with E-state index < -0.39 is 0 Å². The second kappa shape index (κ2) is 7.82. The van der Waals surface area contributed by atoms with E-state index in [1.165, 1.54) is 6.42 Å². The van der Waals surface area contributed by atoms with Gasteiger partial charge in [0.2, 0.25) is 5.91 Å². The normalized spacial score (nSPS) is 17.9. The maximum atomic E-state index is 12.0. The predicted molar refractivity (Wildman–Crippen MR) is 84.7 cm³/mol. The highest BCUT2D eigenvalue weighted by molar-refractivity contribution is 5.85. The van der Waals surface area contributed by atoms with Crippen molar-refractivity contribution in [1.82, 2.24) is 10.2 Å². The van der Waals surface area contributed by atoms with Crippen LogP contribution < -0.4 is 10.1 Å². The van der Waals surface area contributed by atoms with Crippen LogP contribution in [0.1, 0.15) is 25.3 Å². The third kappa shape index (κ3) is 5.06. The van der Waals surface area contributed by atoms with Crippen LogP contribution in [0.4, 0.5) is 0 Å². The number of aryl methyl sites for hydroxylation is 1. The molecule has 1 N–H and O–H groups in total. The van der Waals surface area contributed by atoms with Crippen LogP contribution >= 0.6 is 0 Å². The van der Waals surface area contributed by atoms with Gasteiger partial charge in [-0.2, -0.15) is 0 Å². The molecule has 1 aliphatic rings. The van der Waals surface area contributed by atoms with Crippen molar-refractivity contribution in [3.63, 3.8) is 0 Å². The first-order valence-corrected chi connectivity index (χ1v) is 7.78. The molecule has 1 unspecified atom stereocenters. The minimum atomic E-state index is -0.279. The number of ether oxygens (including phenoxy) is 1. The number of amides is 2. The van der Waals surface area contributed by atoms with Gasteiger partial charge in [-0.25, -0.2) is 0 Å². The van der Waals surface area contributed by atoms with Gasteiger partial charge in [-0.05, 0) is 37.8 Å². The van der Waals surface area contributed by atoms with Gasteiger partial charge < -0.3 is 15.0 Å². The fraction of sp³-hybridized carbons (Fsp3) is 0.529. The van der Waals surface area contributed by atoms with Crippen LogP contribution in [0, 0.1) is 12.8 Å². The van der Waals surface area contributed by atoms with Gasteiger partial charge >= 0.3 is 0 Å². The fourth-order valence-corrected chi connectivity index (χ4v) is 2.54. The van der Waals surface area contributed by atoms with Crippen molar-refractivity contribution in [3.8, 4) is 5.75 Å². The SMILES string of the molecule is Cc1ccc(OCC(=O)NCC(=O)N2CCCC(C)C2)cc1. The van der Waals surface area contributed by atoms with Gasteiger partial charge in [-0.3, -0.25) is 9.59 Å². The standard InChI is InChI=1S/C17H24N2O3/c1-13-5-7-15(8-6-13)22-12-16(20)18-10-17(21)19-9-3-4-14(2)11-19/h5-8,14H,3-4,9-12H2,1-2H3,(H,18,20). The molecule has 0 bridgehead atoms. The monoisotopic (exact) mass is 304 g/mol. The smallest absolute Gasteiger partial charge is 0.258 e. The molecule has 0 aromatic heterocycles. The van der Waals surface area contributed by atoms with Gasteiger partial charge in [0.1, 0.15) is 5.75 Å². The lowest BCUT2D eigenvalue weighted by molar-refractivity contribution is -0.134. The second-order valence-electron chi connectivity index (χ2n) is 5.97. The summed E-state index contributed by atoms with van der Waals surface area (Å²) in [5.41, 5.74) is 1.14. The molecule has 0 radical (unpaired) electrons. The Hall–Kier alpha value is -2.04. The first-order chi connectivity index (χ1) is 10.5. The molecular weight excluding hydrogens is 280 g/mol. The first kappa shape index (κ1) is 16.3. The fourth-order valence-electron chi connectivity index (χ4n) is 2.54. The zero-order valence-electron chi connectivity index (χ0n) is 13.3. The Bertz CT molecular complexity index is 513. The van der Waals surface area contributed by atoms with Gasteiger partial charge in [-0.1, -0.05) is 24.6 Å². The van der Waals surface area contributed by atoms with Gasteiger partial charge in [-0.15, -0.1) is 0 Å². The summed E-state index contributed by atoms with van der Waals surface area (Å²) >= 11 is 0. The van der Waals surface area contributed by atoms with Crippen LogP contribution in [0.3, 0.4) is 0 Å². The summed E-state index contributed by atoms with van der Waals surface area (Å²) in [6.07, 6.45) is 2.21. The number of nitrogens with zero attached hydrogens (tertiary/aromatic N) is 1. The van der Waals surface area contributed by atoms with E-state index in [0.29, 0.717) is 11.7 Å². The molecule has 5 nitrogen and oxygen atoms in total. The highest BCUT2D eigenvalue weighted by Gasteiger charge is 2.20. The van der Waals surface area contributed by atoms with E-state index in [1.54, 1.807) is 0 Å². The highest BCUT2D eigenvalue weighted by atomic mass is 16.5. The topological polar surface area (TPSA) is 58.6 Å². The molecule has 1 aromatic rings. The zero-order valence-corrected chi connectivity index (χ0v) is 13.3. The van der Waals surface area contributed by atoms with E-state index >= 15 is 0 Å². The summed E-state index contributed by atoms with van der Waals surface area (Å²) in [5.74, 6) is 0.893. The number of likely N-dealkylation sites (tertiary alicyclic amines) is 1. The second-order valence-corrected chi connectivity index (χ2v) is 5.97. The number of carbonyl (C=O) groups is 2. The number of hydrogen-bond donors (Lipinski definition) is 1. The largest absolute Gasteiger partial charge is 0.484 e. The van der Waals surface area contributed by atoms with Crippen LogP contribution in [0.25, 0.3) is 0 Å². The molecule has 2 rings (SSSR count). The number of hydrogen-bond acceptors (Lipinski definition) is 3. The Morgan fingerprint density at radius 2 is 2.05 bits per heavy atom. The van der Waals surface area contributed by atoms with Crippen molar-refractivity contribution >= 4 is 11.8 Å². The maximum Gasteiger partial charge on any atom is 0.258 e. The van der Waals surface area contributed by atoms with E-state index in [-0.39, 0.29) is 25.0 Å². The number of piperidine rings is 1. The Morgan fingerprint density at radius 3 is 2.73 bits per heavy atom. The number of carbonyl (C=O) groups excluding carboxylic acids is 2. The molecule has 1 aliphatic heterocycles. The molecule has 1 aromatic carbocycles. The predicted octanol–water partition coefficient (Wildman–Crippen LogP) is 1.75. The first-order valence-electron chi connectivity index (χ1n) is 7.78. The van der Waals surface area contributed by atoms with Crippen molar-refractivity contribution < 1.29 is 14.3 Å². The molecule has 0 spiro atoms. The van der Waals surface area contributed by atoms with Crippen LogP contribution in [0.5, 0.6) is 5.75 Å². The average molecular weight is 304 g/mol. The van der Waals surface area contributed by atoms with Crippen LogP contribution in [-0.4, -0.2) is 43.0 Å². The Morgan fingerprint density at radius 1 is 1.32 bits per heavy atom. The van der Waals surface area contributed by atoms with Gasteiger partial charge in [0.05, 0.1) is 6.54 Å². The minimum Gasteiger partial charge on any atom is -0.484 e. The van der Waals surface area contributed by atoms with Crippen molar-refractivity contribution in [2.75, 3.05) is 26.2 Å². The summed E-state index contributed by atoms with van der Waals surface area (Å²) in [7, 11) is 0. The molecule has 1 atom stereocenters. The van der Waals surface area contributed by atoms with E-state index in [4.69, 9.17) is 4.74 Å². The lowest BCUT2D eigenvalue weighted by Crippen LogP contribution is -2.45. The lowest BCUT2D eigenvalue weighted by atomic mass is 10.0. The Balaban J connectivity index is 1.68. The van der Waals surface area contributed by atoms with Gasteiger partial charge in [0.15, 0.2) is 6.61 Å². The number of rotatable bonds is 5. The maximum absolute atomic E-state index is 12.0. The third-order valence-corrected chi connectivity index (χ3v) is 3.84. The summed E-state index contributed by atoms with van der Waals surface area (Å²) in [5, 5.41) is 2.62. The van der Waals surface area contributed by atoms with Crippen LogP contribution in [-0.2, 0) is 9.59 Å². The molecule has 22 heavy (non-hydrogen) atoms. The Labute approximate surface area is 131 Å². The molecule has 5 heteroatoms. The highest BCUT2D eigenvalue weighted by Crippen LogP contribution is 2.15. The molecular formula is C17H24N2O3. The van der Waals surface area contributed by atoms with Crippen molar-refractivity contribution in [1.29, 1.82) is 0 Å². The summed E-state index contributed by atoms with van der Waals surface area (Å²) in [6, 6.07) is 7.49. The third-order valence-electron chi connectivity index (χ3n) is 3.84. The van der Waals surface area contributed by atoms with Crippen LogP contribution in [0.2, 0.25) is 0 Å². The summed E-state index contributed by atoms with van der Waals surface area (Å²) < 4.78 is 5.38. The minimum absolute atomic E-state index is 0.0183. The van der Waals surface area contributed by atoms with E-state index in [2.05, 4.69) is 12.2 Å². The molecule has 120 valence electrons. The molecule has 0 aliphatic carbocycles. The molecule has 0 saturated carbocycles. The van der Waals surface area contributed by atoms with Crippen molar-refractivity contribution in [2.45, 2.75) is 26.7 Å². The quantitative estimate of drug-likeness (QED) is 0.901. The Kier molecular flexibility index (Phi) is 5.81. The van der Waals surface area contributed by atoms with Gasteiger partial charge in [0.25, 0.3) is 5.91 Å². The summed E-state index contributed by atoms with van der Waals surface area (Å²) in [4.78, 5) is 25.6. The number of nitrogens with one attached hydrogen (secondary N) is 1. The number of benzene rings is 1. The summed E-state index contributed by atoms with van der Waals surface area (Å²) in [6.45, 7) is 5.68.